The molecule has 1 heterocycles. The highest BCUT2D eigenvalue weighted by Gasteiger charge is 2.04. The number of nitrogens with zero attached hydrogens (tertiary/aromatic N) is 2. The topological polar surface area (TPSA) is 64.7 Å². The molecular formula is C18H29N5O. The van der Waals surface area contributed by atoms with E-state index >= 15 is 0 Å². The minimum atomic E-state index is 0.758. The molecule has 0 saturated carbocycles. The lowest BCUT2D eigenvalue weighted by atomic mass is 10.1. The average Bonchev–Trinajstić information content (AvgIpc) is 3.02. The van der Waals surface area contributed by atoms with Gasteiger partial charge in [-0.2, -0.15) is 0 Å². The zero-order valence-corrected chi connectivity index (χ0v) is 14.9. The minimum Gasteiger partial charge on any atom is -0.383 e. The van der Waals surface area contributed by atoms with Crippen LogP contribution in [0, 0.1) is 0 Å². The van der Waals surface area contributed by atoms with Crippen LogP contribution in [0.2, 0.25) is 0 Å². The molecule has 1 aromatic heterocycles. The second-order valence-corrected chi connectivity index (χ2v) is 5.83. The van der Waals surface area contributed by atoms with Crippen LogP contribution in [0.4, 0.5) is 0 Å². The lowest BCUT2D eigenvalue weighted by molar-refractivity contribution is 0.162. The molecule has 0 spiro atoms. The molecule has 1 aromatic carbocycles. The van der Waals surface area contributed by atoms with Crippen molar-refractivity contribution in [2.24, 2.45) is 4.99 Å². The normalized spacial score (nSPS) is 12.1. The third-order valence-electron chi connectivity index (χ3n) is 4.05. The summed E-state index contributed by atoms with van der Waals surface area (Å²) in [6.07, 6.45) is 3.05. The summed E-state index contributed by atoms with van der Waals surface area (Å²) in [5.41, 5.74) is 2.52. The Hall–Kier alpha value is -2.05. The van der Waals surface area contributed by atoms with Crippen molar-refractivity contribution in [1.82, 2.24) is 20.5 Å². The van der Waals surface area contributed by atoms with Gasteiger partial charge in [0.2, 0.25) is 0 Å². The summed E-state index contributed by atoms with van der Waals surface area (Å²) in [4.78, 5) is 9.82. The van der Waals surface area contributed by atoms with Crippen LogP contribution >= 0.6 is 0 Å². The Kier molecular flexibility index (Phi) is 7.58. The summed E-state index contributed by atoms with van der Waals surface area (Å²) >= 11 is 0. The molecule has 2 aromatic rings. The first-order valence-corrected chi connectivity index (χ1v) is 8.41. The van der Waals surface area contributed by atoms with E-state index in [0.717, 1.165) is 45.2 Å². The monoisotopic (exact) mass is 331 g/mol. The van der Waals surface area contributed by atoms with Gasteiger partial charge < -0.3 is 25.3 Å². The van der Waals surface area contributed by atoms with E-state index in [1.807, 2.05) is 0 Å². The number of guanidine groups is 1. The Morgan fingerprint density at radius 1 is 1.21 bits per heavy atom. The average molecular weight is 331 g/mol. The maximum absolute atomic E-state index is 5.08. The summed E-state index contributed by atoms with van der Waals surface area (Å²) in [5.74, 6) is 0.843. The van der Waals surface area contributed by atoms with E-state index in [9.17, 15) is 0 Å². The second-order valence-electron chi connectivity index (χ2n) is 5.83. The van der Waals surface area contributed by atoms with E-state index in [1.165, 1.54) is 16.5 Å². The molecule has 0 saturated heterocycles. The highest BCUT2D eigenvalue weighted by atomic mass is 16.5. The molecule has 0 aliphatic carbocycles. The van der Waals surface area contributed by atoms with Crippen molar-refractivity contribution in [3.05, 3.63) is 36.0 Å². The molecule has 0 unspecified atom stereocenters. The van der Waals surface area contributed by atoms with Gasteiger partial charge in [0.15, 0.2) is 5.96 Å². The van der Waals surface area contributed by atoms with E-state index in [4.69, 9.17) is 4.74 Å². The van der Waals surface area contributed by atoms with E-state index in [1.54, 1.807) is 14.2 Å². The Morgan fingerprint density at radius 3 is 2.79 bits per heavy atom. The lowest BCUT2D eigenvalue weighted by Gasteiger charge is -2.17. The van der Waals surface area contributed by atoms with Gasteiger partial charge in [-0.05, 0) is 25.1 Å². The molecule has 24 heavy (non-hydrogen) atoms. The molecule has 132 valence electrons. The summed E-state index contributed by atoms with van der Waals surface area (Å²) < 4.78 is 5.08. The standard InChI is InChI=1S/C18H29N5O/c1-19-18(21-10-11-23(2)12-13-24-3)20-9-8-15-14-22-17-7-5-4-6-16(15)17/h4-7,14,22H,8-13H2,1-3H3,(H2,19,20,21). The van der Waals surface area contributed by atoms with Gasteiger partial charge >= 0.3 is 0 Å². The summed E-state index contributed by atoms with van der Waals surface area (Å²) in [6.45, 7) is 4.35. The van der Waals surface area contributed by atoms with Crippen LogP contribution in [0.25, 0.3) is 10.9 Å². The fraction of sp³-hybridized carbons (Fsp3) is 0.500. The highest BCUT2D eigenvalue weighted by molar-refractivity contribution is 5.83. The number of nitrogens with one attached hydrogen (secondary N) is 3. The molecule has 3 N–H and O–H groups in total. The van der Waals surface area contributed by atoms with Crippen molar-refractivity contribution in [3.8, 4) is 0 Å². The summed E-state index contributed by atoms with van der Waals surface area (Å²) in [7, 11) is 5.62. The molecule has 6 heteroatoms. The third-order valence-corrected chi connectivity index (χ3v) is 4.05. The first-order chi connectivity index (χ1) is 11.7. The summed E-state index contributed by atoms with van der Waals surface area (Å²) in [6, 6.07) is 8.39. The molecule has 0 radical (unpaired) electrons. The van der Waals surface area contributed by atoms with Gasteiger partial charge in [0.25, 0.3) is 0 Å². The van der Waals surface area contributed by atoms with Gasteiger partial charge in [-0.25, -0.2) is 0 Å². The van der Waals surface area contributed by atoms with Crippen molar-refractivity contribution < 1.29 is 4.74 Å². The predicted molar refractivity (Wildman–Crippen MR) is 101 cm³/mol. The molecule has 0 amide bonds. The number of benzene rings is 1. The highest BCUT2D eigenvalue weighted by Crippen LogP contribution is 2.17. The lowest BCUT2D eigenvalue weighted by Crippen LogP contribution is -2.42. The third kappa shape index (κ3) is 5.54. The van der Waals surface area contributed by atoms with Gasteiger partial charge in [-0.15, -0.1) is 0 Å². The van der Waals surface area contributed by atoms with Crippen LogP contribution in [0.3, 0.4) is 0 Å². The van der Waals surface area contributed by atoms with Crippen LogP contribution in [0.5, 0.6) is 0 Å². The molecule has 0 fully saturated rings. The van der Waals surface area contributed by atoms with E-state index in [0.29, 0.717) is 0 Å². The maximum Gasteiger partial charge on any atom is 0.191 e. The Labute approximate surface area is 144 Å². The Morgan fingerprint density at radius 2 is 2.00 bits per heavy atom. The van der Waals surface area contributed by atoms with Crippen LogP contribution in [0.15, 0.2) is 35.5 Å². The number of aromatic nitrogens is 1. The van der Waals surface area contributed by atoms with Crippen molar-refractivity contribution in [2.75, 3.05) is 54.0 Å². The number of hydrogen-bond acceptors (Lipinski definition) is 3. The molecular weight excluding hydrogens is 302 g/mol. The molecule has 2 rings (SSSR count). The summed E-state index contributed by atoms with van der Waals surface area (Å²) in [5, 5.41) is 8.01. The first kappa shape index (κ1) is 18.3. The number of fused-ring (bicyclic) bond motifs is 1. The number of para-hydroxylation sites is 1. The number of H-pyrrole nitrogens is 1. The van der Waals surface area contributed by atoms with Crippen LogP contribution in [0.1, 0.15) is 5.56 Å². The van der Waals surface area contributed by atoms with Crippen molar-refractivity contribution >= 4 is 16.9 Å². The van der Waals surface area contributed by atoms with Crippen LogP contribution < -0.4 is 10.6 Å². The fourth-order valence-electron chi connectivity index (χ4n) is 2.60. The van der Waals surface area contributed by atoms with Gasteiger partial charge in [-0.1, -0.05) is 18.2 Å². The maximum atomic E-state index is 5.08. The van der Waals surface area contributed by atoms with Crippen molar-refractivity contribution in [2.45, 2.75) is 6.42 Å². The molecule has 0 bridgehead atoms. The van der Waals surface area contributed by atoms with Crippen molar-refractivity contribution in [1.29, 1.82) is 0 Å². The molecule has 0 aliphatic rings. The first-order valence-electron chi connectivity index (χ1n) is 8.41. The largest absolute Gasteiger partial charge is 0.383 e. The number of aliphatic imine (C=N–C) groups is 1. The number of methoxy groups -OCH3 is 1. The van der Waals surface area contributed by atoms with E-state index < -0.39 is 0 Å². The smallest absolute Gasteiger partial charge is 0.191 e. The Bertz CT molecular complexity index is 637. The predicted octanol–water partition coefficient (Wildman–Crippen LogP) is 1.45. The Balaban J connectivity index is 1.70. The number of ether oxygens (including phenoxy) is 1. The molecule has 0 atom stereocenters. The van der Waals surface area contributed by atoms with E-state index in [2.05, 4.69) is 63.0 Å². The SMILES string of the molecule is CN=C(NCCc1c[nH]c2ccccc12)NCCN(C)CCOC. The van der Waals surface area contributed by atoms with Crippen molar-refractivity contribution in [3.63, 3.8) is 0 Å². The second kappa shape index (κ2) is 9.95. The van der Waals surface area contributed by atoms with Gasteiger partial charge in [0.05, 0.1) is 6.61 Å². The fourth-order valence-corrected chi connectivity index (χ4v) is 2.60. The van der Waals surface area contributed by atoms with Crippen LogP contribution in [-0.2, 0) is 11.2 Å². The van der Waals surface area contributed by atoms with Gasteiger partial charge in [0, 0.05) is 57.4 Å². The van der Waals surface area contributed by atoms with Gasteiger partial charge in [0.1, 0.15) is 0 Å². The molecule has 6 nitrogen and oxygen atoms in total. The van der Waals surface area contributed by atoms with Gasteiger partial charge in [-0.3, -0.25) is 4.99 Å². The van der Waals surface area contributed by atoms with Crippen LogP contribution in [-0.4, -0.2) is 69.8 Å². The number of hydrogen-bond donors (Lipinski definition) is 3. The minimum absolute atomic E-state index is 0.758. The number of rotatable bonds is 9. The van der Waals surface area contributed by atoms with E-state index in [-0.39, 0.29) is 0 Å². The number of likely N-dealkylation sites (N-methyl/N-ethyl adjacent to an activating group) is 1. The zero-order valence-electron chi connectivity index (χ0n) is 14.9. The zero-order chi connectivity index (χ0) is 17.2. The quantitative estimate of drug-likeness (QED) is 0.481. The molecule has 0 aliphatic heterocycles. The number of aromatic amines is 1.